The van der Waals surface area contributed by atoms with E-state index in [2.05, 4.69) is 27.0 Å². The average molecular weight is 417 g/mol. The molecule has 6 rings (SSSR count). The quantitative estimate of drug-likeness (QED) is 0.494. The molecular formula is C22H19N5O4. The minimum Gasteiger partial charge on any atom is -0.403 e. The largest absolute Gasteiger partial charge is 0.403 e. The molecule has 1 spiro atoms. The summed E-state index contributed by atoms with van der Waals surface area (Å²) in [5.41, 5.74) is 1.32. The van der Waals surface area contributed by atoms with Crippen molar-refractivity contribution in [3.8, 4) is 11.8 Å². The highest BCUT2D eigenvalue weighted by Gasteiger charge is 2.52. The summed E-state index contributed by atoms with van der Waals surface area (Å²) in [6.07, 6.45) is 7.21. The Morgan fingerprint density at radius 3 is 2.42 bits per heavy atom. The number of carbonyl (C=O) groups excluding carboxylic acids is 2. The molecule has 3 saturated heterocycles. The fourth-order valence-electron chi connectivity index (χ4n) is 4.08. The molecule has 0 N–H and O–H groups in total. The van der Waals surface area contributed by atoms with E-state index in [9.17, 15) is 9.59 Å². The van der Waals surface area contributed by atoms with Gasteiger partial charge in [-0.1, -0.05) is 5.92 Å². The summed E-state index contributed by atoms with van der Waals surface area (Å²) in [5, 5.41) is 8.59. The number of carbonyl (C=O) groups is 2. The second kappa shape index (κ2) is 7.81. The number of pyridine rings is 1. The average Bonchev–Trinajstić information content (AvgIpc) is 3.11. The molecule has 9 nitrogen and oxygen atoms in total. The second-order valence-corrected chi connectivity index (χ2v) is 7.50. The van der Waals surface area contributed by atoms with Crippen LogP contribution in [-0.2, 0) is 19.1 Å². The van der Waals surface area contributed by atoms with Gasteiger partial charge in [0, 0.05) is 49.2 Å². The highest BCUT2D eigenvalue weighted by Crippen LogP contribution is 2.35. The molecule has 156 valence electrons. The summed E-state index contributed by atoms with van der Waals surface area (Å²) in [6.45, 7) is 1.44. The lowest BCUT2D eigenvalue weighted by molar-refractivity contribution is -0.274. The number of fused-ring (bicyclic) bond motifs is 3. The van der Waals surface area contributed by atoms with E-state index < -0.39 is 17.8 Å². The molecule has 0 atom stereocenters. The molecule has 0 saturated carbocycles. The molecule has 3 fully saturated rings. The Morgan fingerprint density at radius 2 is 1.77 bits per heavy atom. The van der Waals surface area contributed by atoms with Crippen LogP contribution in [0.4, 0.5) is 5.82 Å². The lowest BCUT2D eigenvalue weighted by atomic mass is 10.1. The van der Waals surface area contributed by atoms with Crippen molar-refractivity contribution in [3.63, 3.8) is 0 Å². The normalized spacial score (nSPS) is 23.9. The van der Waals surface area contributed by atoms with Crippen molar-refractivity contribution in [1.29, 1.82) is 0 Å². The molecule has 4 aliphatic rings. The van der Waals surface area contributed by atoms with Gasteiger partial charge in [0.15, 0.2) is 5.82 Å². The van der Waals surface area contributed by atoms with Gasteiger partial charge in [0.1, 0.15) is 12.2 Å². The van der Waals surface area contributed by atoms with Crippen molar-refractivity contribution in [1.82, 2.24) is 20.1 Å². The number of esters is 2. The third-order valence-electron chi connectivity index (χ3n) is 5.57. The van der Waals surface area contributed by atoms with Gasteiger partial charge in [-0.2, -0.15) is 0 Å². The Bertz CT molecular complexity index is 1060. The van der Waals surface area contributed by atoms with E-state index in [0.717, 1.165) is 30.6 Å². The summed E-state index contributed by atoms with van der Waals surface area (Å²) in [6, 6.07) is 7.49. The van der Waals surface area contributed by atoms with E-state index >= 15 is 0 Å². The third kappa shape index (κ3) is 3.85. The Balaban J connectivity index is 1.42. The standard InChI is InChI=1S/C22H19N5O4/c28-20-7-8-21(29)31-22(30-20)15-27(18-9-12-26(22)13-10-18)19-6-5-17(24-25-19)4-3-16-2-1-11-23-14-16/h1-2,5-8,11,14,18H,9-10,12-13,15H2. The van der Waals surface area contributed by atoms with Crippen molar-refractivity contribution in [2.24, 2.45) is 0 Å². The van der Waals surface area contributed by atoms with Gasteiger partial charge in [-0.3, -0.25) is 4.98 Å². The minimum atomic E-state index is -1.48. The maximum absolute atomic E-state index is 12.1. The van der Waals surface area contributed by atoms with Gasteiger partial charge in [0.2, 0.25) is 0 Å². The molecular weight excluding hydrogens is 398 g/mol. The molecule has 0 radical (unpaired) electrons. The fourth-order valence-corrected chi connectivity index (χ4v) is 4.08. The number of anilines is 1. The zero-order valence-electron chi connectivity index (χ0n) is 16.6. The van der Waals surface area contributed by atoms with E-state index in [1.54, 1.807) is 18.5 Å². The van der Waals surface area contributed by atoms with Gasteiger partial charge in [0.05, 0.1) is 0 Å². The van der Waals surface area contributed by atoms with Crippen LogP contribution >= 0.6 is 0 Å². The van der Waals surface area contributed by atoms with Crippen LogP contribution in [0.2, 0.25) is 0 Å². The predicted octanol–water partition coefficient (Wildman–Crippen LogP) is 0.866. The van der Waals surface area contributed by atoms with E-state index in [4.69, 9.17) is 9.47 Å². The SMILES string of the molecule is O=C1C=CC(=O)OC2(CN(c3ccc(C#Cc4cccnc4)nn3)C3CCN2CC3)O1. The van der Waals surface area contributed by atoms with Gasteiger partial charge in [-0.15, -0.1) is 10.2 Å². The minimum absolute atomic E-state index is 0.159. The highest BCUT2D eigenvalue weighted by molar-refractivity contribution is 5.93. The molecule has 4 aliphatic heterocycles. The van der Waals surface area contributed by atoms with Gasteiger partial charge >= 0.3 is 17.8 Å². The summed E-state index contributed by atoms with van der Waals surface area (Å²) in [7, 11) is 0. The molecule has 0 aliphatic carbocycles. The smallest absolute Gasteiger partial charge is 0.339 e. The second-order valence-electron chi connectivity index (χ2n) is 7.50. The summed E-state index contributed by atoms with van der Waals surface area (Å²) < 4.78 is 11.2. The highest BCUT2D eigenvalue weighted by atomic mass is 16.8. The van der Waals surface area contributed by atoms with Crippen molar-refractivity contribution in [2.75, 3.05) is 24.5 Å². The van der Waals surface area contributed by atoms with Gasteiger partial charge in [0.25, 0.3) is 0 Å². The number of hydrogen-bond acceptors (Lipinski definition) is 9. The molecule has 6 heterocycles. The maximum atomic E-state index is 12.1. The van der Waals surface area contributed by atoms with Crippen LogP contribution in [0.3, 0.4) is 0 Å². The van der Waals surface area contributed by atoms with Gasteiger partial charge < -0.3 is 14.4 Å². The first-order valence-corrected chi connectivity index (χ1v) is 10.0. The number of nitrogens with zero attached hydrogens (tertiary/aromatic N) is 5. The Morgan fingerprint density at radius 1 is 1.00 bits per heavy atom. The van der Waals surface area contributed by atoms with Crippen LogP contribution in [0.1, 0.15) is 24.1 Å². The number of rotatable bonds is 1. The molecule has 9 heteroatoms. The van der Waals surface area contributed by atoms with Crippen LogP contribution in [0.15, 0.2) is 48.8 Å². The van der Waals surface area contributed by atoms with E-state index in [-0.39, 0.29) is 12.6 Å². The number of piperidine rings is 1. The first-order chi connectivity index (χ1) is 15.1. The first kappa shape index (κ1) is 19.2. The Hall–Kier alpha value is -3.77. The third-order valence-corrected chi connectivity index (χ3v) is 5.57. The zero-order valence-corrected chi connectivity index (χ0v) is 16.6. The van der Waals surface area contributed by atoms with Crippen LogP contribution in [0.5, 0.6) is 0 Å². The van der Waals surface area contributed by atoms with Crippen LogP contribution in [0, 0.1) is 11.8 Å². The summed E-state index contributed by atoms with van der Waals surface area (Å²) in [5.74, 6) is 3.90. The van der Waals surface area contributed by atoms with Gasteiger partial charge in [-0.05, 0) is 43.0 Å². The number of aromatic nitrogens is 3. The van der Waals surface area contributed by atoms with E-state index in [1.807, 2.05) is 28.0 Å². The van der Waals surface area contributed by atoms with E-state index in [0.29, 0.717) is 24.6 Å². The molecule has 0 unspecified atom stereocenters. The molecule has 0 aromatic carbocycles. The Labute approximate surface area is 178 Å². The number of hydrogen-bond donors (Lipinski definition) is 0. The molecule has 31 heavy (non-hydrogen) atoms. The predicted molar refractivity (Wildman–Crippen MR) is 108 cm³/mol. The molecule has 0 amide bonds. The van der Waals surface area contributed by atoms with Crippen LogP contribution < -0.4 is 4.90 Å². The number of ether oxygens (including phenoxy) is 2. The fraction of sp³-hybridized carbons (Fsp3) is 0.318. The monoisotopic (exact) mass is 417 g/mol. The molecule has 2 aromatic heterocycles. The topological polar surface area (TPSA) is 97.8 Å². The summed E-state index contributed by atoms with van der Waals surface area (Å²) in [4.78, 5) is 32.2. The van der Waals surface area contributed by atoms with Crippen molar-refractivity contribution in [3.05, 3.63) is 60.1 Å². The summed E-state index contributed by atoms with van der Waals surface area (Å²) >= 11 is 0. The van der Waals surface area contributed by atoms with Crippen LogP contribution in [-0.4, -0.2) is 63.6 Å². The van der Waals surface area contributed by atoms with E-state index in [1.165, 1.54) is 0 Å². The molecule has 2 bridgehead atoms. The van der Waals surface area contributed by atoms with Crippen molar-refractivity contribution in [2.45, 2.75) is 24.8 Å². The van der Waals surface area contributed by atoms with Crippen LogP contribution in [0.25, 0.3) is 0 Å². The molecule has 2 aromatic rings. The first-order valence-electron chi connectivity index (χ1n) is 10.0. The van der Waals surface area contributed by atoms with Gasteiger partial charge in [-0.25, -0.2) is 14.5 Å². The lowest BCUT2D eigenvalue weighted by Crippen LogP contribution is -2.58. The van der Waals surface area contributed by atoms with Crippen molar-refractivity contribution < 1.29 is 19.1 Å². The van der Waals surface area contributed by atoms with Crippen molar-refractivity contribution >= 4 is 17.8 Å². The lowest BCUT2D eigenvalue weighted by Gasteiger charge is -2.39. The zero-order chi connectivity index (χ0) is 21.3. The Kier molecular flexibility index (Phi) is 4.84. The maximum Gasteiger partial charge on any atom is 0.339 e.